The SMILES string of the molecule is O=C(O)Cn1cc(NC(=O)CCn2cccn2)cn1. The van der Waals surface area contributed by atoms with Gasteiger partial charge in [0.15, 0.2) is 0 Å². The monoisotopic (exact) mass is 263 g/mol. The largest absolute Gasteiger partial charge is 0.480 e. The Labute approximate surface area is 108 Å². The van der Waals surface area contributed by atoms with E-state index in [1.165, 1.54) is 17.1 Å². The first kappa shape index (κ1) is 12.8. The Balaban J connectivity index is 1.81. The second-order valence-electron chi connectivity index (χ2n) is 3.89. The van der Waals surface area contributed by atoms with Crippen LogP contribution < -0.4 is 5.32 Å². The predicted molar refractivity (Wildman–Crippen MR) is 65.3 cm³/mol. The molecule has 0 radical (unpaired) electrons. The van der Waals surface area contributed by atoms with E-state index in [1.807, 2.05) is 0 Å². The van der Waals surface area contributed by atoms with Gasteiger partial charge in [-0.2, -0.15) is 10.2 Å². The molecule has 2 heterocycles. The van der Waals surface area contributed by atoms with Crippen LogP contribution in [0.2, 0.25) is 0 Å². The van der Waals surface area contributed by atoms with Crippen LogP contribution in [0.15, 0.2) is 30.9 Å². The summed E-state index contributed by atoms with van der Waals surface area (Å²) in [5, 5.41) is 19.0. The lowest BCUT2D eigenvalue weighted by Gasteiger charge is -2.02. The van der Waals surface area contributed by atoms with Crippen LogP contribution in [0.25, 0.3) is 0 Å². The van der Waals surface area contributed by atoms with Crippen LogP contribution in [0.4, 0.5) is 5.69 Å². The average Bonchev–Trinajstić information content (AvgIpc) is 2.97. The Kier molecular flexibility index (Phi) is 3.91. The van der Waals surface area contributed by atoms with Gasteiger partial charge in [-0.25, -0.2) is 0 Å². The minimum absolute atomic E-state index is 0.176. The van der Waals surface area contributed by atoms with E-state index >= 15 is 0 Å². The van der Waals surface area contributed by atoms with Crippen molar-refractivity contribution in [1.82, 2.24) is 19.6 Å². The lowest BCUT2D eigenvalue weighted by molar-refractivity contribution is -0.137. The van der Waals surface area contributed by atoms with E-state index in [4.69, 9.17) is 5.11 Å². The molecule has 0 aliphatic rings. The number of aliphatic carboxylic acids is 1. The zero-order chi connectivity index (χ0) is 13.7. The number of amides is 1. The molecule has 100 valence electrons. The summed E-state index contributed by atoms with van der Waals surface area (Å²) in [6.45, 7) is 0.255. The van der Waals surface area contributed by atoms with Crippen molar-refractivity contribution in [3.05, 3.63) is 30.9 Å². The Hall–Kier alpha value is -2.64. The van der Waals surface area contributed by atoms with Gasteiger partial charge in [0.1, 0.15) is 6.54 Å². The van der Waals surface area contributed by atoms with E-state index in [0.717, 1.165) is 0 Å². The zero-order valence-electron chi connectivity index (χ0n) is 10.1. The number of carboxylic acid groups (broad SMARTS) is 1. The summed E-state index contributed by atoms with van der Waals surface area (Å²) >= 11 is 0. The number of anilines is 1. The first-order valence-corrected chi connectivity index (χ1v) is 5.65. The molecular weight excluding hydrogens is 250 g/mol. The van der Waals surface area contributed by atoms with Gasteiger partial charge in [0.25, 0.3) is 0 Å². The van der Waals surface area contributed by atoms with Crippen LogP contribution in [0.5, 0.6) is 0 Å². The van der Waals surface area contributed by atoms with Crippen molar-refractivity contribution >= 4 is 17.6 Å². The topological polar surface area (TPSA) is 102 Å². The lowest BCUT2D eigenvalue weighted by atomic mass is 10.4. The van der Waals surface area contributed by atoms with E-state index in [1.54, 1.807) is 23.1 Å². The van der Waals surface area contributed by atoms with Gasteiger partial charge in [0.05, 0.1) is 11.9 Å². The highest BCUT2D eigenvalue weighted by Crippen LogP contribution is 2.05. The van der Waals surface area contributed by atoms with E-state index < -0.39 is 5.97 Å². The molecule has 19 heavy (non-hydrogen) atoms. The number of nitrogens with zero attached hydrogens (tertiary/aromatic N) is 4. The molecule has 0 saturated heterocycles. The first-order chi connectivity index (χ1) is 9.13. The number of aryl methyl sites for hydroxylation is 1. The van der Waals surface area contributed by atoms with Gasteiger partial charge in [-0.05, 0) is 6.07 Å². The standard InChI is InChI=1S/C11H13N5O3/c17-10(2-5-15-4-1-3-12-15)14-9-6-13-16(7-9)8-11(18)19/h1,3-4,6-7H,2,5,8H2,(H,14,17)(H,18,19). The van der Waals surface area contributed by atoms with Crippen LogP contribution in [-0.2, 0) is 22.7 Å². The second-order valence-corrected chi connectivity index (χ2v) is 3.89. The minimum Gasteiger partial charge on any atom is -0.480 e. The first-order valence-electron chi connectivity index (χ1n) is 5.65. The normalized spacial score (nSPS) is 10.3. The van der Waals surface area contributed by atoms with Gasteiger partial charge in [-0.3, -0.25) is 19.0 Å². The van der Waals surface area contributed by atoms with Gasteiger partial charge >= 0.3 is 5.97 Å². The Morgan fingerprint density at radius 3 is 2.84 bits per heavy atom. The Morgan fingerprint density at radius 2 is 2.16 bits per heavy atom. The predicted octanol–water partition coefficient (Wildman–Crippen LogP) is 0.193. The molecule has 0 atom stereocenters. The maximum Gasteiger partial charge on any atom is 0.325 e. The molecule has 0 saturated carbocycles. The second kappa shape index (κ2) is 5.80. The molecule has 2 N–H and O–H groups in total. The fourth-order valence-corrected chi connectivity index (χ4v) is 1.53. The van der Waals surface area contributed by atoms with Crippen molar-refractivity contribution in [3.63, 3.8) is 0 Å². The number of rotatable bonds is 6. The molecule has 0 fully saturated rings. The lowest BCUT2D eigenvalue weighted by Crippen LogP contribution is -2.14. The number of carbonyl (C=O) groups is 2. The maximum atomic E-state index is 11.6. The molecule has 1 amide bonds. The fourth-order valence-electron chi connectivity index (χ4n) is 1.53. The van der Waals surface area contributed by atoms with E-state index in [2.05, 4.69) is 15.5 Å². The molecule has 8 nitrogen and oxygen atoms in total. The summed E-state index contributed by atoms with van der Waals surface area (Å²) in [5.41, 5.74) is 0.478. The van der Waals surface area contributed by atoms with Crippen molar-refractivity contribution in [2.75, 3.05) is 5.32 Å². The molecule has 0 unspecified atom stereocenters. The van der Waals surface area contributed by atoms with Crippen molar-refractivity contribution in [3.8, 4) is 0 Å². The van der Waals surface area contributed by atoms with Crippen molar-refractivity contribution in [2.45, 2.75) is 19.5 Å². The summed E-state index contributed by atoms with van der Waals surface area (Å²) in [6.07, 6.45) is 6.59. The van der Waals surface area contributed by atoms with E-state index in [-0.39, 0.29) is 18.9 Å². The third kappa shape index (κ3) is 3.95. The van der Waals surface area contributed by atoms with Crippen molar-refractivity contribution in [1.29, 1.82) is 0 Å². The van der Waals surface area contributed by atoms with Crippen LogP contribution >= 0.6 is 0 Å². The number of hydrogen-bond donors (Lipinski definition) is 2. The highest BCUT2D eigenvalue weighted by atomic mass is 16.4. The number of aromatic nitrogens is 4. The summed E-state index contributed by atoms with van der Waals surface area (Å²) in [4.78, 5) is 22.1. The number of hydrogen-bond acceptors (Lipinski definition) is 4. The third-order valence-electron chi connectivity index (χ3n) is 2.34. The molecule has 0 aromatic carbocycles. The van der Waals surface area contributed by atoms with Crippen LogP contribution in [0.1, 0.15) is 6.42 Å². The Bertz CT molecular complexity index is 561. The summed E-state index contributed by atoms with van der Waals surface area (Å²) < 4.78 is 2.90. The van der Waals surface area contributed by atoms with Crippen LogP contribution in [-0.4, -0.2) is 36.5 Å². The summed E-state index contributed by atoms with van der Waals surface area (Å²) in [5.74, 6) is -1.16. The van der Waals surface area contributed by atoms with E-state index in [0.29, 0.717) is 12.2 Å². The van der Waals surface area contributed by atoms with Crippen LogP contribution in [0, 0.1) is 0 Å². The Morgan fingerprint density at radius 1 is 1.32 bits per heavy atom. The number of carboxylic acids is 1. The third-order valence-corrected chi connectivity index (χ3v) is 2.34. The highest BCUT2D eigenvalue weighted by molar-refractivity contribution is 5.90. The summed E-state index contributed by atoms with van der Waals surface area (Å²) in [7, 11) is 0. The van der Waals surface area contributed by atoms with Gasteiger partial charge in [-0.15, -0.1) is 0 Å². The summed E-state index contributed by atoms with van der Waals surface area (Å²) in [6, 6.07) is 1.79. The fraction of sp³-hybridized carbons (Fsp3) is 0.273. The van der Waals surface area contributed by atoms with Gasteiger partial charge in [-0.1, -0.05) is 0 Å². The number of nitrogens with one attached hydrogen (secondary N) is 1. The average molecular weight is 263 g/mol. The van der Waals surface area contributed by atoms with E-state index in [9.17, 15) is 9.59 Å². The van der Waals surface area contributed by atoms with Gasteiger partial charge in [0, 0.05) is 31.6 Å². The molecule has 0 aliphatic heterocycles. The van der Waals surface area contributed by atoms with Crippen molar-refractivity contribution in [2.24, 2.45) is 0 Å². The molecular formula is C11H13N5O3. The molecule has 2 rings (SSSR count). The van der Waals surface area contributed by atoms with Crippen molar-refractivity contribution < 1.29 is 14.7 Å². The molecule has 0 bridgehead atoms. The van der Waals surface area contributed by atoms with Gasteiger partial charge < -0.3 is 10.4 Å². The molecule has 8 heteroatoms. The zero-order valence-corrected chi connectivity index (χ0v) is 10.1. The molecule has 0 aliphatic carbocycles. The maximum absolute atomic E-state index is 11.6. The van der Waals surface area contributed by atoms with Gasteiger partial charge in [0.2, 0.25) is 5.91 Å². The van der Waals surface area contributed by atoms with Crippen LogP contribution in [0.3, 0.4) is 0 Å². The highest BCUT2D eigenvalue weighted by Gasteiger charge is 2.06. The molecule has 2 aromatic rings. The molecule has 0 spiro atoms. The molecule has 2 aromatic heterocycles. The quantitative estimate of drug-likeness (QED) is 0.774. The minimum atomic E-state index is -0.986. The number of carbonyl (C=O) groups excluding carboxylic acids is 1. The smallest absolute Gasteiger partial charge is 0.325 e.